The zero-order chi connectivity index (χ0) is 24.2. The predicted molar refractivity (Wildman–Crippen MR) is 125 cm³/mol. The Labute approximate surface area is 196 Å². The number of benzene rings is 3. The molecule has 3 aromatic carbocycles. The Morgan fingerprint density at radius 1 is 0.706 bits per heavy atom. The maximum absolute atomic E-state index is 14.7. The fraction of sp³-hybridized carbons (Fsp3) is 0.286. The molecule has 4 rings (SSSR count). The highest BCUT2D eigenvalue weighted by Crippen LogP contribution is 2.39. The molecule has 6 heteroatoms. The number of rotatable bonds is 6. The number of halogens is 4. The molecule has 3 aromatic rings. The standard InChI is InChI=1S/C28H26F4O2/c1-33-21-12-9-19(10-13-21)22-14-11-20(25(29)26(22)30)8-5-17-3-6-18(7-4-17)23-15-16-24(34-2)28(32)27(23)31/h5,8-18H,3-4,6-7H2,1-2H3/b8-5+. The third kappa shape index (κ3) is 4.81. The second-order valence-corrected chi connectivity index (χ2v) is 8.51. The van der Waals surface area contributed by atoms with E-state index in [0.717, 1.165) is 12.8 Å². The summed E-state index contributed by atoms with van der Waals surface area (Å²) in [5, 5.41) is 0. The van der Waals surface area contributed by atoms with Gasteiger partial charge in [-0.2, -0.15) is 4.39 Å². The molecule has 0 N–H and O–H groups in total. The van der Waals surface area contributed by atoms with Gasteiger partial charge in [-0.05, 0) is 66.8 Å². The van der Waals surface area contributed by atoms with Gasteiger partial charge in [-0.1, -0.05) is 42.5 Å². The first-order chi connectivity index (χ1) is 16.4. The van der Waals surface area contributed by atoms with E-state index in [0.29, 0.717) is 29.7 Å². The molecule has 0 bridgehead atoms. The van der Waals surface area contributed by atoms with E-state index in [4.69, 9.17) is 9.47 Å². The number of methoxy groups -OCH3 is 2. The summed E-state index contributed by atoms with van der Waals surface area (Å²) in [7, 11) is 2.84. The number of hydrogen-bond donors (Lipinski definition) is 0. The van der Waals surface area contributed by atoms with Crippen molar-refractivity contribution in [3.8, 4) is 22.6 Å². The van der Waals surface area contributed by atoms with Crippen LogP contribution in [0.5, 0.6) is 11.5 Å². The van der Waals surface area contributed by atoms with Crippen LogP contribution in [0, 0.1) is 29.2 Å². The Morgan fingerprint density at radius 2 is 1.41 bits per heavy atom. The Morgan fingerprint density at radius 3 is 2.06 bits per heavy atom. The quantitative estimate of drug-likeness (QED) is 0.341. The highest BCUT2D eigenvalue weighted by molar-refractivity contribution is 5.67. The molecule has 0 aromatic heterocycles. The molecule has 1 aliphatic carbocycles. The van der Waals surface area contributed by atoms with Crippen molar-refractivity contribution in [2.45, 2.75) is 31.6 Å². The molecule has 0 spiro atoms. The summed E-state index contributed by atoms with van der Waals surface area (Å²) in [5.41, 5.74) is 1.29. The average Bonchev–Trinajstić information content (AvgIpc) is 2.87. The molecule has 1 aliphatic rings. The molecule has 34 heavy (non-hydrogen) atoms. The minimum atomic E-state index is -0.961. The number of allylic oxidation sites excluding steroid dienone is 1. The molecule has 0 heterocycles. The summed E-state index contributed by atoms with van der Waals surface area (Å²) >= 11 is 0. The van der Waals surface area contributed by atoms with Crippen LogP contribution in [0.4, 0.5) is 17.6 Å². The van der Waals surface area contributed by atoms with Crippen molar-refractivity contribution in [3.05, 3.63) is 89.0 Å². The van der Waals surface area contributed by atoms with E-state index in [2.05, 4.69) is 0 Å². The number of ether oxygens (including phenoxy) is 2. The lowest BCUT2D eigenvalue weighted by molar-refractivity contribution is 0.350. The molecular weight excluding hydrogens is 444 g/mol. The second kappa shape index (κ2) is 10.3. The largest absolute Gasteiger partial charge is 0.497 e. The fourth-order valence-electron chi connectivity index (χ4n) is 4.57. The van der Waals surface area contributed by atoms with Crippen LogP contribution >= 0.6 is 0 Å². The Balaban J connectivity index is 1.43. The van der Waals surface area contributed by atoms with Crippen LogP contribution < -0.4 is 9.47 Å². The summed E-state index contributed by atoms with van der Waals surface area (Å²) in [5.74, 6) is -2.99. The van der Waals surface area contributed by atoms with Crippen LogP contribution in [0.1, 0.15) is 42.7 Å². The SMILES string of the molecule is COc1ccc(-c2ccc(/C=C/C3CCC(c4ccc(OC)c(F)c4F)CC3)c(F)c2F)cc1. The molecule has 0 unspecified atom stereocenters. The van der Waals surface area contributed by atoms with Crippen molar-refractivity contribution in [2.75, 3.05) is 14.2 Å². The van der Waals surface area contributed by atoms with Crippen molar-refractivity contribution in [1.82, 2.24) is 0 Å². The first kappa shape index (κ1) is 23.9. The third-order valence-corrected chi connectivity index (χ3v) is 6.57. The van der Waals surface area contributed by atoms with Crippen molar-refractivity contribution >= 4 is 6.08 Å². The van der Waals surface area contributed by atoms with Gasteiger partial charge in [0.05, 0.1) is 14.2 Å². The molecule has 0 atom stereocenters. The van der Waals surface area contributed by atoms with E-state index in [1.165, 1.54) is 13.2 Å². The summed E-state index contributed by atoms with van der Waals surface area (Å²) in [6.07, 6.45) is 6.36. The van der Waals surface area contributed by atoms with Gasteiger partial charge >= 0.3 is 0 Å². The van der Waals surface area contributed by atoms with E-state index < -0.39 is 23.3 Å². The lowest BCUT2D eigenvalue weighted by atomic mass is 9.78. The zero-order valence-corrected chi connectivity index (χ0v) is 19.1. The van der Waals surface area contributed by atoms with Crippen molar-refractivity contribution in [2.24, 2.45) is 5.92 Å². The molecule has 1 fully saturated rings. The van der Waals surface area contributed by atoms with Crippen molar-refractivity contribution in [3.63, 3.8) is 0 Å². The van der Waals surface area contributed by atoms with Gasteiger partial charge in [-0.25, -0.2) is 13.2 Å². The third-order valence-electron chi connectivity index (χ3n) is 6.57. The van der Waals surface area contributed by atoms with E-state index >= 15 is 0 Å². The van der Waals surface area contributed by atoms with E-state index in [1.807, 2.05) is 6.08 Å². The first-order valence-electron chi connectivity index (χ1n) is 11.3. The second-order valence-electron chi connectivity index (χ2n) is 8.51. The Hall–Kier alpha value is -3.28. The van der Waals surface area contributed by atoms with Crippen LogP contribution in [0.25, 0.3) is 17.2 Å². The summed E-state index contributed by atoms with van der Waals surface area (Å²) in [4.78, 5) is 0. The van der Waals surface area contributed by atoms with Gasteiger partial charge < -0.3 is 9.47 Å². The summed E-state index contributed by atoms with van der Waals surface area (Å²) < 4.78 is 67.9. The number of hydrogen-bond acceptors (Lipinski definition) is 2. The van der Waals surface area contributed by atoms with Crippen molar-refractivity contribution < 1.29 is 27.0 Å². The van der Waals surface area contributed by atoms with Gasteiger partial charge in [0.25, 0.3) is 0 Å². The maximum atomic E-state index is 14.7. The van der Waals surface area contributed by atoms with Gasteiger partial charge in [0.15, 0.2) is 23.2 Å². The fourth-order valence-corrected chi connectivity index (χ4v) is 4.57. The molecule has 0 radical (unpaired) electrons. The predicted octanol–water partition coefficient (Wildman–Crippen LogP) is 7.91. The summed E-state index contributed by atoms with van der Waals surface area (Å²) in [6.45, 7) is 0. The first-order valence-corrected chi connectivity index (χ1v) is 11.3. The summed E-state index contributed by atoms with van der Waals surface area (Å²) in [6, 6.07) is 12.9. The normalized spacial score (nSPS) is 18.3. The molecule has 178 valence electrons. The van der Waals surface area contributed by atoms with E-state index in [-0.39, 0.29) is 28.7 Å². The van der Waals surface area contributed by atoms with E-state index in [1.54, 1.807) is 55.7 Å². The van der Waals surface area contributed by atoms with Crippen molar-refractivity contribution in [1.29, 1.82) is 0 Å². The molecule has 0 aliphatic heterocycles. The molecule has 0 saturated heterocycles. The smallest absolute Gasteiger partial charge is 0.200 e. The average molecular weight is 471 g/mol. The molecule has 0 amide bonds. The lowest BCUT2D eigenvalue weighted by Gasteiger charge is -2.27. The minimum Gasteiger partial charge on any atom is -0.497 e. The van der Waals surface area contributed by atoms with Gasteiger partial charge in [0.1, 0.15) is 5.75 Å². The van der Waals surface area contributed by atoms with Crippen LogP contribution in [-0.4, -0.2) is 14.2 Å². The Kier molecular flexibility index (Phi) is 7.25. The van der Waals surface area contributed by atoms with Gasteiger partial charge in [0.2, 0.25) is 5.82 Å². The van der Waals surface area contributed by atoms with E-state index in [9.17, 15) is 17.6 Å². The van der Waals surface area contributed by atoms with Gasteiger partial charge in [-0.15, -0.1) is 0 Å². The highest BCUT2D eigenvalue weighted by atomic mass is 19.2. The monoisotopic (exact) mass is 470 g/mol. The molecule has 1 saturated carbocycles. The van der Waals surface area contributed by atoms with Crippen LogP contribution in [0.2, 0.25) is 0 Å². The molecule has 2 nitrogen and oxygen atoms in total. The minimum absolute atomic E-state index is 0.0805. The zero-order valence-electron chi connectivity index (χ0n) is 19.1. The maximum Gasteiger partial charge on any atom is 0.200 e. The topological polar surface area (TPSA) is 18.5 Å². The lowest BCUT2D eigenvalue weighted by Crippen LogP contribution is -2.13. The molecular formula is C28H26F4O2. The van der Waals surface area contributed by atoms with Crippen LogP contribution in [0.3, 0.4) is 0 Å². The Bertz CT molecular complexity index is 1180. The van der Waals surface area contributed by atoms with Crippen LogP contribution in [-0.2, 0) is 0 Å². The highest BCUT2D eigenvalue weighted by Gasteiger charge is 2.26. The van der Waals surface area contributed by atoms with Gasteiger partial charge in [0, 0.05) is 11.1 Å². The van der Waals surface area contributed by atoms with Gasteiger partial charge in [-0.3, -0.25) is 0 Å². The van der Waals surface area contributed by atoms with Crippen LogP contribution in [0.15, 0.2) is 54.6 Å².